The summed E-state index contributed by atoms with van der Waals surface area (Å²) in [5.74, 6) is 0. The fraction of sp³-hybridized carbons (Fsp3) is 1.00. The van der Waals surface area contributed by atoms with Crippen LogP contribution in [0.2, 0.25) is 0 Å². The van der Waals surface area contributed by atoms with Crippen molar-refractivity contribution in [3.8, 4) is 0 Å². The number of likely N-dealkylation sites (tertiary alicyclic amines) is 1. The summed E-state index contributed by atoms with van der Waals surface area (Å²) in [4.78, 5) is 4.81. The van der Waals surface area contributed by atoms with Crippen LogP contribution in [0.4, 0.5) is 0 Å². The van der Waals surface area contributed by atoms with Crippen molar-refractivity contribution in [1.82, 2.24) is 9.80 Å². The van der Waals surface area contributed by atoms with Crippen LogP contribution in [0.5, 0.6) is 0 Å². The molecule has 0 amide bonds. The van der Waals surface area contributed by atoms with Gasteiger partial charge in [0.15, 0.2) is 0 Å². The monoisotopic (exact) mass is 332 g/mol. The Kier molecular flexibility index (Phi) is 11.8. The maximum Gasteiger partial charge on any atom is 0.0900 e. The van der Waals surface area contributed by atoms with Crippen LogP contribution in [0, 0.1) is 0 Å². The third-order valence-electron chi connectivity index (χ3n) is 4.10. The van der Waals surface area contributed by atoms with Crippen molar-refractivity contribution in [3.63, 3.8) is 0 Å². The fourth-order valence-corrected chi connectivity index (χ4v) is 2.84. The predicted octanol–water partition coefficient (Wildman–Crippen LogP) is 0.569. The summed E-state index contributed by atoms with van der Waals surface area (Å²) in [6, 6.07) is 0. The van der Waals surface area contributed by atoms with Crippen LogP contribution >= 0.6 is 0 Å². The van der Waals surface area contributed by atoms with Gasteiger partial charge in [0.1, 0.15) is 0 Å². The quantitative estimate of drug-likeness (QED) is 0.454. The molecule has 0 aliphatic carbocycles. The molecule has 1 aliphatic heterocycles. The molecule has 1 fully saturated rings. The van der Waals surface area contributed by atoms with E-state index in [-0.39, 0.29) is 0 Å². The highest BCUT2D eigenvalue weighted by Crippen LogP contribution is 2.07. The van der Waals surface area contributed by atoms with Crippen molar-refractivity contribution in [2.45, 2.75) is 45.3 Å². The lowest BCUT2D eigenvalue weighted by atomic mass is 10.3. The van der Waals surface area contributed by atoms with Crippen molar-refractivity contribution in [3.05, 3.63) is 0 Å². The zero-order chi connectivity index (χ0) is 16.9. The van der Waals surface area contributed by atoms with Crippen molar-refractivity contribution in [2.24, 2.45) is 0 Å². The number of likely N-dealkylation sites (N-methyl/N-ethyl adjacent to an activating group) is 1. The fourth-order valence-electron chi connectivity index (χ4n) is 2.84. The number of ether oxygens (including phenoxy) is 2. The molecule has 1 aliphatic rings. The van der Waals surface area contributed by atoms with Crippen LogP contribution in [0.25, 0.3) is 0 Å². The Morgan fingerprint density at radius 1 is 1.09 bits per heavy atom. The maximum absolute atomic E-state index is 10.0. The molecule has 1 saturated heterocycles. The van der Waals surface area contributed by atoms with Gasteiger partial charge in [-0.25, -0.2) is 0 Å². The van der Waals surface area contributed by atoms with Gasteiger partial charge in [0, 0.05) is 6.54 Å². The standard InChI is InChI=1S/C17H36N2O4/c1-3-18(9-6-10-19-7-4-5-8-19)13-17(21)15-23-12-11-22-14-16(2)20/h16-17,20-21H,3-15H2,1-2H3. The van der Waals surface area contributed by atoms with Gasteiger partial charge in [0.05, 0.1) is 38.6 Å². The van der Waals surface area contributed by atoms with Gasteiger partial charge in [0.25, 0.3) is 0 Å². The van der Waals surface area contributed by atoms with Crippen molar-refractivity contribution >= 4 is 0 Å². The number of aliphatic hydroxyl groups excluding tert-OH is 2. The summed E-state index contributed by atoms with van der Waals surface area (Å²) >= 11 is 0. The van der Waals surface area contributed by atoms with Gasteiger partial charge in [-0.1, -0.05) is 6.92 Å². The van der Waals surface area contributed by atoms with E-state index in [1.165, 1.54) is 32.5 Å². The molecular formula is C17H36N2O4. The molecule has 0 bridgehead atoms. The van der Waals surface area contributed by atoms with Crippen LogP contribution in [0.1, 0.15) is 33.1 Å². The van der Waals surface area contributed by atoms with E-state index < -0.39 is 12.2 Å². The van der Waals surface area contributed by atoms with Gasteiger partial charge in [-0.05, 0) is 58.9 Å². The molecular weight excluding hydrogens is 296 g/mol. The summed E-state index contributed by atoms with van der Waals surface area (Å²) in [5.41, 5.74) is 0. The van der Waals surface area contributed by atoms with E-state index >= 15 is 0 Å². The van der Waals surface area contributed by atoms with E-state index in [9.17, 15) is 5.11 Å². The highest BCUT2D eigenvalue weighted by atomic mass is 16.5. The van der Waals surface area contributed by atoms with E-state index in [4.69, 9.17) is 14.6 Å². The van der Waals surface area contributed by atoms with Gasteiger partial charge in [0.2, 0.25) is 0 Å². The first kappa shape index (κ1) is 20.8. The van der Waals surface area contributed by atoms with Crippen LogP contribution in [0.3, 0.4) is 0 Å². The lowest BCUT2D eigenvalue weighted by Gasteiger charge is -2.24. The highest BCUT2D eigenvalue weighted by molar-refractivity contribution is 4.68. The Bertz CT molecular complexity index is 273. The lowest BCUT2D eigenvalue weighted by molar-refractivity contribution is -0.0205. The van der Waals surface area contributed by atoms with Crippen molar-refractivity contribution in [1.29, 1.82) is 0 Å². The summed E-state index contributed by atoms with van der Waals surface area (Å²) in [5, 5.41) is 19.1. The van der Waals surface area contributed by atoms with Gasteiger partial charge >= 0.3 is 0 Å². The number of aliphatic hydroxyl groups is 2. The van der Waals surface area contributed by atoms with E-state index in [1.807, 2.05) is 0 Å². The van der Waals surface area contributed by atoms with Crippen LogP contribution in [-0.2, 0) is 9.47 Å². The van der Waals surface area contributed by atoms with E-state index in [0.29, 0.717) is 33.0 Å². The minimum atomic E-state index is -0.460. The molecule has 0 aromatic rings. The molecule has 6 heteroatoms. The number of hydrogen-bond donors (Lipinski definition) is 2. The first-order chi connectivity index (χ1) is 11.1. The zero-order valence-corrected chi connectivity index (χ0v) is 15.0. The Morgan fingerprint density at radius 2 is 1.74 bits per heavy atom. The van der Waals surface area contributed by atoms with Crippen LogP contribution in [-0.4, -0.2) is 97.9 Å². The van der Waals surface area contributed by atoms with Gasteiger partial charge in [-0.2, -0.15) is 0 Å². The second kappa shape index (κ2) is 13.1. The first-order valence-electron chi connectivity index (χ1n) is 9.08. The molecule has 0 spiro atoms. The van der Waals surface area contributed by atoms with E-state index in [2.05, 4.69) is 16.7 Å². The maximum atomic E-state index is 10.0. The average molecular weight is 332 g/mol. The first-order valence-corrected chi connectivity index (χ1v) is 9.08. The average Bonchev–Trinajstić information content (AvgIpc) is 3.02. The second-order valence-corrected chi connectivity index (χ2v) is 6.45. The van der Waals surface area contributed by atoms with E-state index in [0.717, 1.165) is 19.5 Å². The molecule has 0 aromatic carbocycles. The molecule has 2 N–H and O–H groups in total. The van der Waals surface area contributed by atoms with E-state index in [1.54, 1.807) is 6.92 Å². The molecule has 1 heterocycles. The third kappa shape index (κ3) is 11.0. The third-order valence-corrected chi connectivity index (χ3v) is 4.10. The number of rotatable bonds is 14. The Hall–Kier alpha value is -0.240. The molecule has 6 nitrogen and oxygen atoms in total. The summed E-state index contributed by atoms with van der Waals surface area (Å²) in [7, 11) is 0. The molecule has 0 radical (unpaired) electrons. The second-order valence-electron chi connectivity index (χ2n) is 6.45. The minimum absolute atomic E-state index is 0.326. The minimum Gasteiger partial charge on any atom is -0.391 e. The summed E-state index contributed by atoms with van der Waals surface area (Å²) in [6.45, 7) is 11.7. The summed E-state index contributed by atoms with van der Waals surface area (Å²) < 4.78 is 10.6. The molecule has 2 atom stereocenters. The van der Waals surface area contributed by atoms with Crippen molar-refractivity contribution < 1.29 is 19.7 Å². The highest BCUT2D eigenvalue weighted by Gasteiger charge is 2.13. The Labute approximate surface area is 141 Å². The normalized spacial score (nSPS) is 18.7. The smallest absolute Gasteiger partial charge is 0.0900 e. The van der Waals surface area contributed by atoms with Crippen LogP contribution in [0.15, 0.2) is 0 Å². The lowest BCUT2D eigenvalue weighted by Crippen LogP contribution is -2.36. The summed E-state index contributed by atoms with van der Waals surface area (Å²) in [6.07, 6.45) is 2.94. The molecule has 23 heavy (non-hydrogen) atoms. The topological polar surface area (TPSA) is 65.4 Å². The van der Waals surface area contributed by atoms with Gasteiger partial charge in [-0.3, -0.25) is 0 Å². The Morgan fingerprint density at radius 3 is 2.35 bits per heavy atom. The molecule has 0 aromatic heterocycles. The van der Waals surface area contributed by atoms with Crippen molar-refractivity contribution in [2.75, 3.05) is 65.7 Å². The molecule has 0 saturated carbocycles. The van der Waals surface area contributed by atoms with Gasteiger partial charge < -0.3 is 29.5 Å². The largest absolute Gasteiger partial charge is 0.391 e. The SMILES string of the molecule is CCN(CCCN1CCCC1)CC(O)COCCOCC(C)O. The Balaban J connectivity index is 1.99. The molecule has 138 valence electrons. The van der Waals surface area contributed by atoms with Gasteiger partial charge in [-0.15, -0.1) is 0 Å². The molecule has 1 rings (SSSR count). The molecule has 2 unspecified atom stereocenters. The zero-order valence-electron chi connectivity index (χ0n) is 15.0. The predicted molar refractivity (Wildman–Crippen MR) is 91.7 cm³/mol. The number of hydrogen-bond acceptors (Lipinski definition) is 6. The number of nitrogens with zero attached hydrogens (tertiary/aromatic N) is 2. The van der Waals surface area contributed by atoms with Crippen LogP contribution < -0.4 is 0 Å².